The van der Waals surface area contributed by atoms with Gasteiger partial charge in [-0.2, -0.15) is 0 Å². The van der Waals surface area contributed by atoms with E-state index in [-0.39, 0.29) is 18.2 Å². The summed E-state index contributed by atoms with van der Waals surface area (Å²) in [6.45, 7) is 1.34. The maximum absolute atomic E-state index is 11.8. The van der Waals surface area contributed by atoms with Crippen LogP contribution in [0.4, 0.5) is 0 Å². The van der Waals surface area contributed by atoms with E-state index in [2.05, 4.69) is 21.2 Å². The molecule has 0 spiro atoms. The molecule has 0 saturated carbocycles. The van der Waals surface area contributed by atoms with Crippen molar-refractivity contribution in [3.8, 4) is 5.75 Å². The van der Waals surface area contributed by atoms with Crippen molar-refractivity contribution in [2.75, 3.05) is 13.7 Å². The third kappa shape index (κ3) is 3.34. The minimum Gasteiger partial charge on any atom is -0.496 e. The van der Waals surface area contributed by atoms with Crippen LogP contribution in [0.25, 0.3) is 0 Å². The number of carbonyl (C=O) groups excluding carboxylic acids is 2. The number of nitrogens with one attached hydrogen (secondary N) is 1. The largest absolute Gasteiger partial charge is 0.496 e. The zero-order valence-corrected chi connectivity index (χ0v) is 10.6. The minimum absolute atomic E-state index is 0.0256. The van der Waals surface area contributed by atoms with Gasteiger partial charge in [-0.05, 0) is 18.2 Å². The van der Waals surface area contributed by atoms with Crippen LogP contribution in [0.5, 0.6) is 5.75 Å². The third-order valence-corrected chi connectivity index (χ3v) is 2.45. The molecule has 0 atom stereocenters. The van der Waals surface area contributed by atoms with E-state index in [1.165, 1.54) is 14.0 Å². The predicted octanol–water partition coefficient (Wildman–Crippen LogP) is 1.78. The van der Waals surface area contributed by atoms with Crippen molar-refractivity contribution in [3.63, 3.8) is 0 Å². The zero-order chi connectivity index (χ0) is 12.1. The summed E-state index contributed by atoms with van der Waals surface area (Å²) in [6, 6.07) is 5.15. The first-order chi connectivity index (χ1) is 7.54. The second kappa shape index (κ2) is 5.65. The van der Waals surface area contributed by atoms with Crippen molar-refractivity contribution in [2.45, 2.75) is 6.92 Å². The lowest BCUT2D eigenvalue weighted by Crippen LogP contribution is -2.27. The molecule has 0 saturated heterocycles. The molecule has 1 rings (SSSR count). The molecule has 0 fully saturated rings. The number of hydrogen-bond donors (Lipinski definition) is 1. The Morgan fingerprint density at radius 1 is 1.44 bits per heavy atom. The first-order valence-electron chi connectivity index (χ1n) is 4.65. The molecule has 1 N–H and O–H groups in total. The molecule has 1 amide bonds. The summed E-state index contributed by atoms with van der Waals surface area (Å²) in [5.41, 5.74) is 0.450. The number of ether oxygens (including phenoxy) is 1. The molecule has 1 aromatic rings. The summed E-state index contributed by atoms with van der Waals surface area (Å²) < 4.78 is 5.87. The monoisotopic (exact) mass is 285 g/mol. The summed E-state index contributed by atoms with van der Waals surface area (Å²) in [5.74, 6) is 0.0780. The van der Waals surface area contributed by atoms with Crippen molar-refractivity contribution < 1.29 is 14.3 Å². The Morgan fingerprint density at radius 3 is 2.69 bits per heavy atom. The average molecular weight is 286 g/mol. The predicted molar refractivity (Wildman–Crippen MR) is 63.7 cm³/mol. The summed E-state index contributed by atoms with van der Waals surface area (Å²) in [6.07, 6.45) is 0. The van der Waals surface area contributed by atoms with E-state index in [0.29, 0.717) is 11.3 Å². The fourth-order valence-corrected chi connectivity index (χ4v) is 1.56. The van der Waals surface area contributed by atoms with Crippen molar-refractivity contribution in [1.82, 2.24) is 5.32 Å². The number of ketones is 1. The van der Waals surface area contributed by atoms with Gasteiger partial charge in [0.15, 0.2) is 5.78 Å². The number of rotatable bonds is 4. The Hall–Kier alpha value is -1.36. The van der Waals surface area contributed by atoms with Gasteiger partial charge in [-0.25, -0.2) is 0 Å². The minimum atomic E-state index is -0.234. The number of hydrogen-bond acceptors (Lipinski definition) is 3. The summed E-state index contributed by atoms with van der Waals surface area (Å²) in [5, 5.41) is 2.46. The maximum atomic E-state index is 11.8. The molecule has 0 aliphatic carbocycles. The van der Waals surface area contributed by atoms with E-state index in [0.717, 1.165) is 4.47 Å². The van der Waals surface area contributed by atoms with Crippen LogP contribution in [0.3, 0.4) is 0 Å². The standard InChI is InChI=1S/C11H12BrNO3/c1-7(14)13-6-10(15)9-5-8(12)3-4-11(9)16-2/h3-5H,6H2,1-2H3,(H,13,14). The van der Waals surface area contributed by atoms with Crippen molar-refractivity contribution in [1.29, 1.82) is 0 Å². The van der Waals surface area contributed by atoms with Crippen LogP contribution in [0.2, 0.25) is 0 Å². The van der Waals surface area contributed by atoms with Gasteiger partial charge in [0, 0.05) is 11.4 Å². The smallest absolute Gasteiger partial charge is 0.217 e. The first kappa shape index (κ1) is 12.7. The molecule has 1 aromatic carbocycles. The van der Waals surface area contributed by atoms with Crippen molar-refractivity contribution >= 4 is 27.6 Å². The van der Waals surface area contributed by atoms with Crippen LogP contribution in [0, 0.1) is 0 Å². The SMILES string of the molecule is COc1ccc(Br)cc1C(=O)CNC(C)=O. The zero-order valence-electron chi connectivity index (χ0n) is 9.04. The molecular weight excluding hydrogens is 274 g/mol. The van der Waals surface area contributed by atoms with Crippen LogP contribution in [-0.4, -0.2) is 25.3 Å². The molecular formula is C11H12BrNO3. The second-order valence-corrected chi connectivity index (χ2v) is 4.09. The van der Waals surface area contributed by atoms with Gasteiger partial charge in [0.05, 0.1) is 19.2 Å². The van der Waals surface area contributed by atoms with E-state index in [4.69, 9.17) is 4.74 Å². The van der Waals surface area contributed by atoms with Gasteiger partial charge in [-0.1, -0.05) is 15.9 Å². The molecule has 86 valence electrons. The highest BCUT2D eigenvalue weighted by Crippen LogP contribution is 2.23. The quantitative estimate of drug-likeness (QED) is 0.858. The lowest BCUT2D eigenvalue weighted by molar-refractivity contribution is -0.118. The van der Waals surface area contributed by atoms with Crippen LogP contribution in [-0.2, 0) is 4.79 Å². The molecule has 0 aliphatic rings. The third-order valence-electron chi connectivity index (χ3n) is 1.96. The molecule has 0 aromatic heterocycles. The molecule has 0 bridgehead atoms. The van der Waals surface area contributed by atoms with E-state index in [9.17, 15) is 9.59 Å². The first-order valence-corrected chi connectivity index (χ1v) is 5.45. The Morgan fingerprint density at radius 2 is 2.12 bits per heavy atom. The van der Waals surface area contributed by atoms with Crippen molar-refractivity contribution in [2.24, 2.45) is 0 Å². The van der Waals surface area contributed by atoms with Gasteiger partial charge in [-0.15, -0.1) is 0 Å². The van der Waals surface area contributed by atoms with Crippen LogP contribution in [0.1, 0.15) is 17.3 Å². The molecule has 5 heteroatoms. The summed E-state index contributed by atoms with van der Waals surface area (Å²) in [4.78, 5) is 22.5. The topological polar surface area (TPSA) is 55.4 Å². The fourth-order valence-electron chi connectivity index (χ4n) is 1.20. The fraction of sp³-hybridized carbons (Fsp3) is 0.273. The average Bonchev–Trinajstić information content (AvgIpc) is 2.25. The molecule has 0 heterocycles. The molecule has 16 heavy (non-hydrogen) atoms. The molecule has 4 nitrogen and oxygen atoms in total. The van der Waals surface area contributed by atoms with E-state index >= 15 is 0 Å². The number of methoxy groups -OCH3 is 1. The van der Waals surface area contributed by atoms with Gasteiger partial charge in [0.25, 0.3) is 0 Å². The molecule has 0 aliphatic heterocycles. The lowest BCUT2D eigenvalue weighted by atomic mass is 10.1. The van der Waals surface area contributed by atoms with Crippen LogP contribution in [0.15, 0.2) is 22.7 Å². The van der Waals surface area contributed by atoms with Crippen LogP contribution >= 0.6 is 15.9 Å². The molecule has 0 unspecified atom stereocenters. The highest BCUT2D eigenvalue weighted by Gasteiger charge is 2.12. The highest BCUT2D eigenvalue weighted by atomic mass is 79.9. The normalized spacial score (nSPS) is 9.69. The highest BCUT2D eigenvalue weighted by molar-refractivity contribution is 9.10. The van der Waals surface area contributed by atoms with Gasteiger partial charge in [-0.3, -0.25) is 9.59 Å². The van der Waals surface area contributed by atoms with Gasteiger partial charge in [0.1, 0.15) is 5.75 Å². The van der Waals surface area contributed by atoms with Crippen LogP contribution < -0.4 is 10.1 Å². The Labute approximate surface area is 102 Å². The van der Waals surface area contributed by atoms with Crippen molar-refractivity contribution in [3.05, 3.63) is 28.2 Å². The lowest BCUT2D eigenvalue weighted by Gasteiger charge is -2.08. The Kier molecular flexibility index (Phi) is 4.49. The van der Waals surface area contributed by atoms with E-state index < -0.39 is 0 Å². The summed E-state index contributed by atoms with van der Waals surface area (Å²) >= 11 is 3.28. The number of benzene rings is 1. The summed E-state index contributed by atoms with van der Waals surface area (Å²) in [7, 11) is 1.50. The Balaban J connectivity index is 2.88. The van der Waals surface area contributed by atoms with E-state index in [1.54, 1.807) is 18.2 Å². The Bertz CT molecular complexity index is 418. The second-order valence-electron chi connectivity index (χ2n) is 3.18. The number of Topliss-reactive ketones (excluding diaryl/α,β-unsaturated/α-hetero) is 1. The van der Waals surface area contributed by atoms with Gasteiger partial charge in [0.2, 0.25) is 5.91 Å². The van der Waals surface area contributed by atoms with Gasteiger partial charge >= 0.3 is 0 Å². The number of amides is 1. The van der Waals surface area contributed by atoms with E-state index in [1.807, 2.05) is 0 Å². The maximum Gasteiger partial charge on any atom is 0.217 e. The van der Waals surface area contributed by atoms with Gasteiger partial charge < -0.3 is 10.1 Å². The number of carbonyl (C=O) groups is 2. The number of halogens is 1. The molecule has 0 radical (unpaired) electrons.